The van der Waals surface area contributed by atoms with E-state index in [1.165, 1.54) is 10.3 Å². The Morgan fingerprint density at radius 3 is 2.45 bits per heavy atom. The molecule has 0 bridgehead atoms. The van der Waals surface area contributed by atoms with Crippen LogP contribution in [0.15, 0.2) is 72.8 Å². The minimum Gasteiger partial charge on any atom is -0.497 e. The van der Waals surface area contributed by atoms with Gasteiger partial charge in [-0.2, -0.15) is 5.10 Å². The second-order valence-electron chi connectivity index (χ2n) is 7.80. The number of fused-ring (bicyclic) bond motifs is 1. The molecular formula is C26H22N4O2S. The zero-order valence-corrected chi connectivity index (χ0v) is 19.3. The maximum Gasteiger partial charge on any atom is 0.274 e. The molecule has 0 unspecified atom stereocenters. The van der Waals surface area contributed by atoms with E-state index in [1.54, 1.807) is 29.2 Å². The lowest BCUT2D eigenvalue weighted by Crippen LogP contribution is -2.16. The molecule has 0 radical (unpaired) electrons. The largest absolute Gasteiger partial charge is 0.497 e. The smallest absolute Gasteiger partial charge is 0.274 e. The molecule has 0 spiro atoms. The van der Waals surface area contributed by atoms with Crippen molar-refractivity contribution >= 4 is 33.1 Å². The van der Waals surface area contributed by atoms with Crippen molar-refractivity contribution in [3.05, 3.63) is 89.7 Å². The highest BCUT2D eigenvalue weighted by Crippen LogP contribution is 2.31. The Morgan fingerprint density at radius 2 is 1.73 bits per heavy atom. The number of methoxy groups -OCH3 is 1. The molecular weight excluding hydrogens is 432 g/mol. The Hall–Kier alpha value is -3.97. The molecule has 0 atom stereocenters. The van der Waals surface area contributed by atoms with Crippen molar-refractivity contribution in [2.45, 2.75) is 13.8 Å². The van der Waals surface area contributed by atoms with Gasteiger partial charge in [-0.25, -0.2) is 9.67 Å². The van der Waals surface area contributed by atoms with Gasteiger partial charge in [0.2, 0.25) is 0 Å². The van der Waals surface area contributed by atoms with Crippen LogP contribution >= 0.6 is 11.3 Å². The summed E-state index contributed by atoms with van der Waals surface area (Å²) in [6.45, 7) is 3.95. The van der Waals surface area contributed by atoms with Gasteiger partial charge in [-0.3, -0.25) is 4.79 Å². The molecule has 5 aromatic rings. The Kier molecular flexibility index (Phi) is 5.40. The number of hydrogen-bond acceptors (Lipinski definition) is 5. The highest BCUT2D eigenvalue weighted by atomic mass is 32.1. The van der Waals surface area contributed by atoms with Gasteiger partial charge in [0.15, 0.2) is 0 Å². The van der Waals surface area contributed by atoms with E-state index in [1.807, 2.05) is 61.5 Å². The fraction of sp³-hybridized carbons (Fsp3) is 0.115. The van der Waals surface area contributed by atoms with Gasteiger partial charge in [0, 0.05) is 11.3 Å². The van der Waals surface area contributed by atoms with E-state index in [9.17, 15) is 4.79 Å². The fourth-order valence-corrected chi connectivity index (χ4v) is 4.70. The maximum atomic E-state index is 13.0. The number of carbonyl (C=O) groups excluding carboxylic acids is 1. The number of rotatable bonds is 5. The van der Waals surface area contributed by atoms with Gasteiger partial charge < -0.3 is 10.1 Å². The van der Waals surface area contributed by atoms with Crippen molar-refractivity contribution in [3.8, 4) is 22.0 Å². The third-order valence-electron chi connectivity index (χ3n) is 5.31. The summed E-state index contributed by atoms with van der Waals surface area (Å²) in [5.41, 5.74) is 5.96. The van der Waals surface area contributed by atoms with Crippen molar-refractivity contribution < 1.29 is 9.53 Å². The number of thiazole rings is 1. The quantitative estimate of drug-likeness (QED) is 0.352. The van der Waals surface area contributed by atoms with Gasteiger partial charge in [0.05, 0.1) is 28.7 Å². The predicted octanol–water partition coefficient (Wildman–Crippen LogP) is 6.03. The van der Waals surface area contributed by atoms with Gasteiger partial charge >= 0.3 is 0 Å². The van der Waals surface area contributed by atoms with E-state index in [4.69, 9.17) is 9.72 Å². The highest BCUT2D eigenvalue weighted by Gasteiger charge is 2.16. The molecule has 33 heavy (non-hydrogen) atoms. The first kappa shape index (κ1) is 20.9. The standard InChI is InChI=1S/C26H22N4O2S/c1-16-4-13-22-24(14-16)33-26(28-22)18-5-7-19(8-6-18)27-25(31)23-15-17(2)29-30(23)20-9-11-21(32-3)12-10-20/h4-15H,1-3H3,(H,27,31). The van der Waals surface area contributed by atoms with Crippen LogP contribution < -0.4 is 10.1 Å². The Labute approximate surface area is 195 Å². The fourth-order valence-electron chi connectivity index (χ4n) is 3.63. The van der Waals surface area contributed by atoms with E-state index >= 15 is 0 Å². The monoisotopic (exact) mass is 454 g/mol. The average Bonchev–Trinajstić information content (AvgIpc) is 3.43. The van der Waals surface area contributed by atoms with Crippen molar-refractivity contribution in [2.75, 3.05) is 12.4 Å². The van der Waals surface area contributed by atoms with Gasteiger partial charge in [-0.05, 0) is 86.1 Å². The number of nitrogens with one attached hydrogen (secondary N) is 1. The SMILES string of the molecule is COc1ccc(-n2nc(C)cc2C(=O)Nc2ccc(-c3nc4ccc(C)cc4s3)cc2)cc1. The molecule has 2 heterocycles. The molecule has 0 saturated heterocycles. The minimum absolute atomic E-state index is 0.227. The van der Waals surface area contributed by atoms with Crippen molar-refractivity contribution in [1.82, 2.24) is 14.8 Å². The number of ether oxygens (including phenoxy) is 1. The number of carbonyl (C=O) groups is 1. The lowest BCUT2D eigenvalue weighted by atomic mass is 10.2. The maximum absolute atomic E-state index is 13.0. The van der Waals surface area contributed by atoms with Gasteiger partial charge in [-0.15, -0.1) is 11.3 Å². The lowest BCUT2D eigenvalue weighted by molar-refractivity contribution is 0.101. The van der Waals surface area contributed by atoms with Crippen LogP contribution in [0.1, 0.15) is 21.7 Å². The number of benzene rings is 3. The van der Waals surface area contributed by atoms with Crippen LogP contribution in [0, 0.1) is 13.8 Å². The van der Waals surface area contributed by atoms with E-state index in [2.05, 4.69) is 29.5 Å². The number of nitrogens with zero attached hydrogens (tertiary/aromatic N) is 3. The summed E-state index contributed by atoms with van der Waals surface area (Å²) >= 11 is 1.67. The van der Waals surface area contributed by atoms with E-state index in [-0.39, 0.29) is 5.91 Å². The molecule has 0 fully saturated rings. The predicted molar refractivity (Wildman–Crippen MR) is 133 cm³/mol. The Balaban J connectivity index is 1.37. The van der Waals surface area contributed by atoms with Crippen molar-refractivity contribution in [3.63, 3.8) is 0 Å². The van der Waals surface area contributed by atoms with Crippen molar-refractivity contribution in [2.24, 2.45) is 0 Å². The number of amides is 1. The van der Waals surface area contributed by atoms with Gasteiger partial charge in [-0.1, -0.05) is 6.07 Å². The summed E-state index contributed by atoms with van der Waals surface area (Å²) < 4.78 is 8.03. The molecule has 1 amide bonds. The first-order chi connectivity index (χ1) is 16.0. The summed E-state index contributed by atoms with van der Waals surface area (Å²) in [7, 11) is 1.62. The molecule has 0 aliphatic heterocycles. The summed E-state index contributed by atoms with van der Waals surface area (Å²) in [4.78, 5) is 17.8. The molecule has 5 rings (SSSR count). The normalized spacial score (nSPS) is 11.0. The Bertz CT molecular complexity index is 1450. The van der Waals surface area contributed by atoms with E-state index in [0.29, 0.717) is 11.4 Å². The first-order valence-electron chi connectivity index (χ1n) is 10.5. The number of aromatic nitrogens is 3. The molecule has 6 nitrogen and oxygen atoms in total. The third-order valence-corrected chi connectivity index (χ3v) is 6.38. The second kappa shape index (κ2) is 8.52. The average molecular weight is 455 g/mol. The van der Waals surface area contributed by atoms with Crippen LogP contribution in [0.5, 0.6) is 5.75 Å². The summed E-state index contributed by atoms with van der Waals surface area (Å²) in [6, 6.07) is 23.2. The van der Waals surface area contributed by atoms with Crippen LogP contribution in [-0.4, -0.2) is 27.8 Å². The molecule has 0 aliphatic carbocycles. The summed E-state index contributed by atoms with van der Waals surface area (Å²) in [6.07, 6.45) is 0. The zero-order valence-electron chi connectivity index (χ0n) is 18.5. The molecule has 164 valence electrons. The number of anilines is 1. The third kappa shape index (κ3) is 4.23. The van der Waals surface area contributed by atoms with E-state index in [0.717, 1.165) is 33.2 Å². The van der Waals surface area contributed by atoms with Crippen molar-refractivity contribution in [1.29, 1.82) is 0 Å². The van der Waals surface area contributed by atoms with Crippen LogP contribution in [0.3, 0.4) is 0 Å². The zero-order chi connectivity index (χ0) is 22.9. The first-order valence-corrected chi connectivity index (χ1v) is 11.3. The Morgan fingerprint density at radius 1 is 0.970 bits per heavy atom. The molecule has 0 aliphatic rings. The second-order valence-corrected chi connectivity index (χ2v) is 8.83. The topological polar surface area (TPSA) is 69.0 Å². The molecule has 0 saturated carbocycles. The number of aryl methyl sites for hydroxylation is 2. The van der Waals surface area contributed by atoms with Crippen LogP contribution in [0.25, 0.3) is 26.5 Å². The van der Waals surface area contributed by atoms with Crippen LogP contribution in [0.2, 0.25) is 0 Å². The number of hydrogen-bond donors (Lipinski definition) is 1. The molecule has 1 N–H and O–H groups in total. The lowest BCUT2D eigenvalue weighted by Gasteiger charge is -2.09. The molecule has 2 aromatic heterocycles. The minimum atomic E-state index is -0.227. The highest BCUT2D eigenvalue weighted by molar-refractivity contribution is 7.21. The molecule has 3 aromatic carbocycles. The summed E-state index contributed by atoms with van der Waals surface area (Å²) in [5, 5.41) is 8.42. The van der Waals surface area contributed by atoms with E-state index < -0.39 is 0 Å². The van der Waals surface area contributed by atoms with Crippen LogP contribution in [0.4, 0.5) is 5.69 Å². The molecule has 7 heteroatoms. The van der Waals surface area contributed by atoms with Crippen LogP contribution in [-0.2, 0) is 0 Å². The summed E-state index contributed by atoms with van der Waals surface area (Å²) in [5.74, 6) is 0.520. The van der Waals surface area contributed by atoms with Gasteiger partial charge in [0.1, 0.15) is 16.5 Å². The van der Waals surface area contributed by atoms with Gasteiger partial charge in [0.25, 0.3) is 5.91 Å².